The zero-order valence-electron chi connectivity index (χ0n) is 19.2. The predicted molar refractivity (Wildman–Crippen MR) is 124 cm³/mol. The third-order valence-electron chi connectivity index (χ3n) is 6.09. The Hall–Kier alpha value is -3.83. The number of aromatic hydroxyl groups is 1. The molecule has 194 valence electrons. The Morgan fingerprint density at radius 3 is 2.43 bits per heavy atom. The van der Waals surface area contributed by atoms with Crippen LogP contribution in [-0.2, 0) is 37.1 Å². The summed E-state index contributed by atoms with van der Waals surface area (Å²) in [5, 5.41) is 24.2. The lowest BCUT2D eigenvalue weighted by atomic mass is 10.1. The molecule has 1 unspecified atom stereocenters. The minimum absolute atomic E-state index is 0.162. The fourth-order valence-corrected chi connectivity index (χ4v) is 4.61. The van der Waals surface area contributed by atoms with Crippen molar-refractivity contribution < 1.29 is 37.9 Å². The molecular formula is C25H21ClF3N3O5. The van der Waals surface area contributed by atoms with Gasteiger partial charge < -0.3 is 29.8 Å². The van der Waals surface area contributed by atoms with Crippen LogP contribution < -0.4 is 20.9 Å². The Labute approximate surface area is 213 Å². The van der Waals surface area contributed by atoms with Crippen molar-refractivity contribution in [1.29, 1.82) is 0 Å². The topological polar surface area (TPSA) is 116 Å². The number of pyridine rings is 1. The largest absolute Gasteiger partial charge is 0.548 e. The molecule has 8 nitrogen and oxygen atoms in total. The second-order valence-corrected chi connectivity index (χ2v) is 9.14. The number of aliphatic carboxylic acids is 1. The first kappa shape index (κ1) is 26.2. The Kier molecular flexibility index (Phi) is 7.28. The van der Waals surface area contributed by atoms with Crippen LogP contribution in [0.25, 0.3) is 0 Å². The van der Waals surface area contributed by atoms with Gasteiger partial charge in [0.05, 0.1) is 35.9 Å². The van der Waals surface area contributed by atoms with Crippen molar-refractivity contribution in [3.05, 3.63) is 97.4 Å². The van der Waals surface area contributed by atoms with Crippen molar-refractivity contribution in [3.63, 3.8) is 0 Å². The van der Waals surface area contributed by atoms with Gasteiger partial charge in [0, 0.05) is 10.6 Å². The highest BCUT2D eigenvalue weighted by Crippen LogP contribution is 2.30. The smallest absolute Gasteiger partial charge is 0.416 e. The Bertz CT molecular complexity index is 1420. The van der Waals surface area contributed by atoms with E-state index in [1.807, 2.05) is 11.4 Å². The van der Waals surface area contributed by atoms with Crippen LogP contribution in [0, 0.1) is 0 Å². The monoisotopic (exact) mass is 535 g/mol. The minimum Gasteiger partial charge on any atom is -0.548 e. The number of carboxylic acids is 1. The number of benzene rings is 2. The number of aromatic nitrogens is 1. The number of alkyl halides is 3. The Balaban J connectivity index is 1.73. The highest BCUT2D eigenvalue weighted by molar-refractivity contribution is 6.30. The van der Waals surface area contributed by atoms with Crippen molar-refractivity contribution in [2.24, 2.45) is 0 Å². The van der Waals surface area contributed by atoms with Gasteiger partial charge in [-0.15, -0.1) is 0 Å². The van der Waals surface area contributed by atoms with Gasteiger partial charge in [-0.1, -0.05) is 35.9 Å². The lowest BCUT2D eigenvalue weighted by molar-refractivity contribution is -0.934. The number of carbonyl (C=O) groups excluding carboxylic acids is 2. The van der Waals surface area contributed by atoms with E-state index >= 15 is 0 Å². The summed E-state index contributed by atoms with van der Waals surface area (Å²) in [6, 6.07) is 11.4. The van der Waals surface area contributed by atoms with E-state index in [4.69, 9.17) is 11.6 Å². The molecule has 3 N–H and O–H groups in total. The molecule has 0 aliphatic carbocycles. The number of nitrogens with zero attached hydrogens (tertiary/aromatic N) is 1. The molecular weight excluding hydrogens is 515 g/mol. The van der Waals surface area contributed by atoms with Crippen molar-refractivity contribution in [2.45, 2.75) is 32.4 Å². The molecule has 37 heavy (non-hydrogen) atoms. The van der Waals surface area contributed by atoms with Crippen LogP contribution in [-0.4, -0.2) is 28.1 Å². The van der Waals surface area contributed by atoms with Crippen LogP contribution >= 0.6 is 11.6 Å². The maximum Gasteiger partial charge on any atom is 0.416 e. The third-order valence-corrected chi connectivity index (χ3v) is 6.32. The zero-order valence-corrected chi connectivity index (χ0v) is 19.9. The average Bonchev–Trinajstić information content (AvgIpc) is 3.24. The number of carboxylic acid groups (broad SMARTS) is 1. The standard InChI is InChI=1S/C25H21ClF3N3O5/c26-17-3-1-2-15(8-17)10-31-12-18-19(13-31)32(11-14-4-6-16(7-5-14)25(27,28)29)24(37)21(22(18)35)23(36)30-9-20(33)34/h1-8,35H,9-13H2,(H,30,36)(H,33,34). The van der Waals surface area contributed by atoms with E-state index in [0.717, 1.165) is 22.6 Å². The van der Waals surface area contributed by atoms with Gasteiger partial charge in [0.1, 0.15) is 30.9 Å². The SMILES string of the molecule is O=C([O-])CNC(=O)c1c(O)c2c(n(Cc3ccc(C(F)(F)F)cc3)c1=O)C[NH+](Cc1cccc(Cl)c1)C2. The van der Waals surface area contributed by atoms with Gasteiger partial charge in [-0.25, -0.2) is 0 Å². The molecule has 0 radical (unpaired) electrons. The van der Waals surface area contributed by atoms with E-state index in [1.54, 1.807) is 18.2 Å². The van der Waals surface area contributed by atoms with E-state index in [2.05, 4.69) is 0 Å². The molecule has 1 amide bonds. The van der Waals surface area contributed by atoms with Crippen LogP contribution in [0.4, 0.5) is 13.2 Å². The summed E-state index contributed by atoms with van der Waals surface area (Å²) in [5.41, 5.74) is -0.366. The quantitative estimate of drug-likeness (QED) is 0.415. The number of fused-ring (bicyclic) bond motifs is 1. The molecule has 0 bridgehead atoms. The number of hydrogen-bond acceptors (Lipinski definition) is 5. The highest BCUT2D eigenvalue weighted by Gasteiger charge is 2.34. The van der Waals surface area contributed by atoms with Gasteiger partial charge in [0.25, 0.3) is 11.5 Å². The van der Waals surface area contributed by atoms with E-state index in [1.165, 1.54) is 16.7 Å². The first-order valence-electron chi connectivity index (χ1n) is 11.1. The molecule has 12 heteroatoms. The molecule has 1 aliphatic rings. The molecule has 2 heterocycles. The maximum atomic E-state index is 13.3. The lowest BCUT2D eigenvalue weighted by Gasteiger charge is -2.16. The molecule has 3 aromatic rings. The molecule has 2 aromatic carbocycles. The second-order valence-electron chi connectivity index (χ2n) is 8.70. The summed E-state index contributed by atoms with van der Waals surface area (Å²) >= 11 is 6.07. The number of quaternary nitrogens is 1. The molecule has 1 atom stereocenters. The summed E-state index contributed by atoms with van der Waals surface area (Å²) in [7, 11) is 0. The van der Waals surface area contributed by atoms with Crippen LogP contribution in [0.3, 0.4) is 0 Å². The van der Waals surface area contributed by atoms with Gasteiger partial charge >= 0.3 is 6.18 Å². The van der Waals surface area contributed by atoms with Gasteiger partial charge in [-0.3, -0.25) is 9.59 Å². The van der Waals surface area contributed by atoms with Gasteiger partial charge in [0.2, 0.25) is 0 Å². The van der Waals surface area contributed by atoms with E-state index in [0.29, 0.717) is 28.4 Å². The fourth-order valence-electron chi connectivity index (χ4n) is 4.40. The number of halogens is 4. The maximum absolute atomic E-state index is 13.3. The summed E-state index contributed by atoms with van der Waals surface area (Å²) < 4.78 is 40.1. The summed E-state index contributed by atoms with van der Waals surface area (Å²) in [6.07, 6.45) is -4.52. The lowest BCUT2D eigenvalue weighted by Crippen LogP contribution is -3.06. The Morgan fingerprint density at radius 2 is 1.81 bits per heavy atom. The van der Waals surface area contributed by atoms with Crippen molar-refractivity contribution in [1.82, 2.24) is 9.88 Å². The average molecular weight is 536 g/mol. The first-order valence-corrected chi connectivity index (χ1v) is 11.5. The van der Waals surface area contributed by atoms with Crippen LogP contribution in [0.2, 0.25) is 5.02 Å². The van der Waals surface area contributed by atoms with Crippen molar-refractivity contribution in [2.75, 3.05) is 6.54 Å². The van der Waals surface area contributed by atoms with E-state index in [-0.39, 0.29) is 19.6 Å². The predicted octanol–water partition coefficient (Wildman–Crippen LogP) is 0.853. The summed E-state index contributed by atoms with van der Waals surface area (Å²) in [4.78, 5) is 37.7. The number of nitrogens with one attached hydrogen (secondary N) is 2. The number of carbonyl (C=O) groups is 2. The molecule has 4 rings (SSSR count). The van der Waals surface area contributed by atoms with Crippen molar-refractivity contribution >= 4 is 23.5 Å². The van der Waals surface area contributed by atoms with E-state index < -0.39 is 47.0 Å². The highest BCUT2D eigenvalue weighted by atomic mass is 35.5. The molecule has 0 saturated carbocycles. The van der Waals surface area contributed by atoms with Gasteiger partial charge in [-0.2, -0.15) is 13.2 Å². The van der Waals surface area contributed by atoms with Crippen LogP contribution in [0.15, 0.2) is 53.3 Å². The molecule has 1 aromatic heterocycles. The van der Waals surface area contributed by atoms with Crippen LogP contribution in [0.5, 0.6) is 5.75 Å². The summed E-state index contributed by atoms with van der Waals surface area (Å²) in [5.74, 6) is -3.24. The van der Waals surface area contributed by atoms with Gasteiger partial charge in [0.15, 0.2) is 0 Å². The third kappa shape index (κ3) is 5.78. The van der Waals surface area contributed by atoms with Crippen LogP contribution in [0.1, 0.15) is 38.3 Å². The van der Waals surface area contributed by atoms with E-state index in [9.17, 15) is 37.8 Å². The zero-order chi connectivity index (χ0) is 26.9. The fraction of sp³-hybridized carbons (Fsp3) is 0.240. The minimum atomic E-state index is -4.52. The molecule has 0 saturated heterocycles. The summed E-state index contributed by atoms with van der Waals surface area (Å²) in [6.45, 7) is -0.0338. The Morgan fingerprint density at radius 1 is 1.11 bits per heavy atom. The molecule has 0 spiro atoms. The number of hydrogen-bond donors (Lipinski definition) is 3. The van der Waals surface area contributed by atoms with Crippen molar-refractivity contribution in [3.8, 4) is 5.75 Å². The molecule has 1 aliphatic heterocycles. The first-order chi connectivity index (χ1) is 17.4. The second kappa shape index (κ2) is 10.3. The number of rotatable bonds is 7. The number of amides is 1. The normalized spacial score (nSPS) is 14.9. The molecule has 0 fully saturated rings. The van der Waals surface area contributed by atoms with Gasteiger partial charge in [-0.05, 0) is 29.8 Å².